The lowest BCUT2D eigenvalue weighted by Crippen LogP contribution is -2.22. The van der Waals surface area contributed by atoms with Crippen LogP contribution < -0.4 is 5.32 Å². The van der Waals surface area contributed by atoms with Gasteiger partial charge in [-0.05, 0) is 48.0 Å². The fourth-order valence-corrected chi connectivity index (χ4v) is 3.47. The molecule has 0 atom stereocenters. The van der Waals surface area contributed by atoms with E-state index < -0.39 is 0 Å². The number of fused-ring (bicyclic) bond motifs is 2. The summed E-state index contributed by atoms with van der Waals surface area (Å²) in [4.78, 5) is 17.0. The molecule has 0 fully saturated rings. The Morgan fingerprint density at radius 2 is 1.90 bits per heavy atom. The summed E-state index contributed by atoms with van der Waals surface area (Å²) in [6, 6.07) is 20.8. The van der Waals surface area contributed by atoms with Gasteiger partial charge in [-0.25, -0.2) is 4.98 Å². The lowest BCUT2D eigenvalue weighted by Gasteiger charge is -2.06. The third kappa shape index (κ3) is 3.23. The molecule has 6 nitrogen and oxygen atoms in total. The van der Waals surface area contributed by atoms with Crippen LogP contribution in [0.4, 0.5) is 0 Å². The molecule has 2 heterocycles. The van der Waals surface area contributed by atoms with Crippen molar-refractivity contribution < 1.29 is 4.79 Å². The number of H-pyrrole nitrogens is 1. The molecule has 0 aliphatic heterocycles. The van der Waals surface area contributed by atoms with Gasteiger partial charge in [-0.2, -0.15) is 5.10 Å². The van der Waals surface area contributed by atoms with Crippen molar-refractivity contribution in [3.63, 3.8) is 0 Å². The summed E-state index contributed by atoms with van der Waals surface area (Å²) in [5.74, 6) is 0.629. The number of carbonyl (C=O) groups excluding carboxylic acids is 1. The van der Waals surface area contributed by atoms with E-state index in [9.17, 15) is 4.79 Å². The van der Waals surface area contributed by atoms with Crippen LogP contribution in [0.3, 0.4) is 0 Å². The highest BCUT2D eigenvalue weighted by Crippen LogP contribution is 2.24. The minimum atomic E-state index is -0.151. The summed E-state index contributed by atoms with van der Waals surface area (Å²) in [5.41, 5.74) is 4.12. The Hall–Kier alpha value is -3.64. The van der Waals surface area contributed by atoms with Crippen molar-refractivity contribution in [1.29, 1.82) is 0 Å². The summed E-state index contributed by atoms with van der Waals surface area (Å²) in [6.45, 7) is 0.432. The summed E-state index contributed by atoms with van der Waals surface area (Å²) in [7, 11) is 0. The molecule has 29 heavy (non-hydrogen) atoms. The van der Waals surface area contributed by atoms with E-state index >= 15 is 0 Å². The third-order valence-corrected chi connectivity index (χ3v) is 5.11. The molecule has 0 aliphatic carbocycles. The average Bonchev–Trinajstić information content (AvgIpc) is 3.36. The van der Waals surface area contributed by atoms with Crippen molar-refractivity contribution in [2.75, 3.05) is 0 Å². The van der Waals surface area contributed by atoms with Crippen molar-refractivity contribution >= 4 is 39.4 Å². The summed E-state index contributed by atoms with van der Waals surface area (Å²) in [5, 5.41) is 12.1. The quantitative estimate of drug-likeness (QED) is 0.466. The number of hydrogen-bond donors (Lipinski definition) is 2. The minimum Gasteiger partial charge on any atom is -0.348 e. The maximum absolute atomic E-state index is 12.5. The Morgan fingerprint density at radius 1 is 1.07 bits per heavy atom. The van der Waals surface area contributed by atoms with Crippen LogP contribution in [0.2, 0.25) is 5.02 Å². The molecule has 0 saturated heterocycles. The average molecular weight is 402 g/mol. The van der Waals surface area contributed by atoms with Crippen LogP contribution in [-0.2, 0) is 6.54 Å². The molecular weight excluding hydrogens is 386 g/mol. The first-order chi connectivity index (χ1) is 14.2. The number of nitrogens with zero attached hydrogens (tertiary/aromatic N) is 3. The largest absolute Gasteiger partial charge is 0.348 e. The second-order valence-electron chi connectivity index (χ2n) is 6.72. The monoisotopic (exact) mass is 401 g/mol. The third-order valence-electron chi connectivity index (χ3n) is 4.85. The second kappa shape index (κ2) is 7.07. The van der Waals surface area contributed by atoms with Crippen LogP contribution in [0.15, 0.2) is 73.1 Å². The van der Waals surface area contributed by atoms with Crippen LogP contribution in [-0.4, -0.2) is 25.7 Å². The number of carbonyl (C=O) groups is 1. The van der Waals surface area contributed by atoms with E-state index in [1.165, 1.54) is 0 Å². The standard InChI is InChI=1S/C22H16ClN5O/c23-16-8-5-14(6-9-16)12-24-22(29)15-7-10-20-19(11-15)25-13-28(20)21-17-3-1-2-4-18(17)26-27-21/h1-11,13H,12H2,(H,24,29)(H,26,27). The first-order valence-electron chi connectivity index (χ1n) is 9.12. The molecule has 142 valence electrons. The normalized spacial score (nSPS) is 11.2. The number of hydrogen-bond acceptors (Lipinski definition) is 3. The van der Waals surface area contributed by atoms with E-state index in [-0.39, 0.29) is 5.91 Å². The van der Waals surface area contributed by atoms with E-state index in [1.54, 1.807) is 30.6 Å². The first kappa shape index (κ1) is 17.5. The first-order valence-corrected chi connectivity index (χ1v) is 9.50. The number of amides is 1. The highest BCUT2D eigenvalue weighted by Gasteiger charge is 2.13. The van der Waals surface area contributed by atoms with Crippen LogP contribution >= 0.6 is 11.6 Å². The number of aromatic amines is 1. The zero-order chi connectivity index (χ0) is 19.8. The van der Waals surface area contributed by atoms with E-state index in [4.69, 9.17) is 11.6 Å². The minimum absolute atomic E-state index is 0.151. The smallest absolute Gasteiger partial charge is 0.251 e. The fraction of sp³-hybridized carbons (Fsp3) is 0.0455. The molecule has 0 bridgehead atoms. The van der Waals surface area contributed by atoms with E-state index in [1.807, 2.05) is 47.0 Å². The van der Waals surface area contributed by atoms with Gasteiger partial charge in [0.05, 0.1) is 16.6 Å². The highest BCUT2D eigenvalue weighted by molar-refractivity contribution is 6.30. The Labute approximate surface area is 171 Å². The SMILES string of the molecule is O=C(NCc1ccc(Cl)cc1)c1ccc2c(c1)ncn2-c1n[nH]c2ccccc12. The number of nitrogens with one attached hydrogen (secondary N) is 2. The van der Waals surface area contributed by atoms with Gasteiger partial charge in [0.1, 0.15) is 6.33 Å². The van der Waals surface area contributed by atoms with E-state index in [0.717, 1.165) is 33.3 Å². The van der Waals surface area contributed by atoms with Crippen LogP contribution in [0, 0.1) is 0 Å². The maximum Gasteiger partial charge on any atom is 0.251 e. The van der Waals surface area contributed by atoms with Gasteiger partial charge < -0.3 is 5.32 Å². The lowest BCUT2D eigenvalue weighted by atomic mass is 10.1. The lowest BCUT2D eigenvalue weighted by molar-refractivity contribution is 0.0951. The number of imidazole rings is 1. The van der Waals surface area contributed by atoms with Gasteiger partial charge in [-0.1, -0.05) is 35.9 Å². The Morgan fingerprint density at radius 3 is 2.76 bits per heavy atom. The molecule has 5 rings (SSSR count). The van der Waals surface area contributed by atoms with Gasteiger partial charge in [0.15, 0.2) is 5.82 Å². The molecule has 0 spiro atoms. The molecule has 0 unspecified atom stereocenters. The van der Waals surface area contributed by atoms with Gasteiger partial charge in [0.2, 0.25) is 0 Å². The predicted molar refractivity (Wildman–Crippen MR) is 113 cm³/mol. The Kier molecular flexibility index (Phi) is 4.26. The summed E-state index contributed by atoms with van der Waals surface area (Å²) >= 11 is 5.89. The van der Waals surface area contributed by atoms with Crippen molar-refractivity contribution in [3.05, 3.63) is 89.2 Å². The Bertz CT molecular complexity index is 1340. The van der Waals surface area contributed by atoms with Crippen molar-refractivity contribution in [3.8, 4) is 5.82 Å². The molecule has 0 aliphatic rings. The van der Waals surface area contributed by atoms with E-state index in [2.05, 4.69) is 20.5 Å². The highest BCUT2D eigenvalue weighted by atomic mass is 35.5. The van der Waals surface area contributed by atoms with Crippen molar-refractivity contribution in [2.45, 2.75) is 6.54 Å². The second-order valence-corrected chi connectivity index (χ2v) is 7.16. The van der Waals surface area contributed by atoms with Crippen molar-refractivity contribution in [2.24, 2.45) is 0 Å². The van der Waals surface area contributed by atoms with Gasteiger partial charge in [-0.15, -0.1) is 0 Å². The molecule has 5 aromatic rings. The number of rotatable bonds is 4. The molecular formula is C22H16ClN5O. The fourth-order valence-electron chi connectivity index (χ4n) is 3.34. The molecule has 0 saturated carbocycles. The zero-order valence-electron chi connectivity index (χ0n) is 15.3. The topological polar surface area (TPSA) is 75.6 Å². The molecule has 1 amide bonds. The van der Waals surface area contributed by atoms with Gasteiger partial charge in [0.25, 0.3) is 5.91 Å². The molecule has 0 radical (unpaired) electrons. The van der Waals surface area contributed by atoms with Gasteiger partial charge in [0, 0.05) is 22.5 Å². The van der Waals surface area contributed by atoms with Gasteiger partial charge in [-0.3, -0.25) is 14.5 Å². The number of benzene rings is 3. The van der Waals surface area contributed by atoms with Crippen molar-refractivity contribution in [1.82, 2.24) is 25.1 Å². The Balaban J connectivity index is 1.41. The molecule has 2 N–H and O–H groups in total. The van der Waals surface area contributed by atoms with Gasteiger partial charge >= 0.3 is 0 Å². The van der Waals surface area contributed by atoms with Crippen LogP contribution in [0.5, 0.6) is 0 Å². The van der Waals surface area contributed by atoms with E-state index in [0.29, 0.717) is 17.1 Å². The molecule has 3 aromatic carbocycles. The molecule has 7 heteroatoms. The predicted octanol–water partition coefficient (Wildman–Crippen LogP) is 4.49. The number of aromatic nitrogens is 4. The number of para-hydroxylation sites is 1. The molecule has 2 aromatic heterocycles. The van der Waals surface area contributed by atoms with Crippen LogP contribution in [0.25, 0.3) is 27.8 Å². The maximum atomic E-state index is 12.5. The summed E-state index contributed by atoms with van der Waals surface area (Å²) in [6.07, 6.45) is 1.72. The number of halogens is 1. The summed E-state index contributed by atoms with van der Waals surface area (Å²) < 4.78 is 1.92. The zero-order valence-corrected chi connectivity index (χ0v) is 16.0. The van der Waals surface area contributed by atoms with Crippen LogP contribution in [0.1, 0.15) is 15.9 Å².